The number of likely N-dealkylation sites (tertiary alicyclic amines) is 2. The molecule has 6 nitrogen and oxygen atoms in total. The van der Waals surface area contributed by atoms with Crippen molar-refractivity contribution in [2.75, 3.05) is 33.2 Å². The standard InChI is InChI=1S/C24H32N4O2S/c1-27-11-8-16(9-12-27)23-25-20(13-22(29)26-23)17-5-4-10-28(14-17)24(30)19-15-31-21-7-3-2-6-18(19)21/h13,15-17H,2-12,14H2,1H3,(H,25,26,29). The Morgan fingerprint density at radius 1 is 1.10 bits per heavy atom. The first-order chi connectivity index (χ1) is 15.1. The van der Waals surface area contributed by atoms with Gasteiger partial charge >= 0.3 is 0 Å². The molecule has 3 aliphatic rings. The molecule has 0 bridgehead atoms. The molecule has 7 heteroatoms. The van der Waals surface area contributed by atoms with E-state index >= 15 is 0 Å². The molecule has 5 rings (SSSR count). The number of fused-ring (bicyclic) bond motifs is 1. The van der Waals surface area contributed by atoms with E-state index in [0.29, 0.717) is 12.5 Å². The average molecular weight is 441 g/mol. The summed E-state index contributed by atoms with van der Waals surface area (Å²) in [6.07, 6.45) is 8.57. The van der Waals surface area contributed by atoms with Gasteiger partial charge in [0.05, 0.1) is 11.3 Å². The molecule has 2 aliphatic heterocycles. The zero-order chi connectivity index (χ0) is 21.4. The van der Waals surface area contributed by atoms with Crippen molar-refractivity contribution in [3.63, 3.8) is 0 Å². The highest BCUT2D eigenvalue weighted by Gasteiger charge is 2.30. The summed E-state index contributed by atoms with van der Waals surface area (Å²) in [5, 5.41) is 2.08. The number of thiophene rings is 1. The number of nitrogens with zero attached hydrogens (tertiary/aromatic N) is 3. The highest BCUT2D eigenvalue weighted by atomic mass is 32.1. The second kappa shape index (κ2) is 8.87. The molecule has 0 radical (unpaired) electrons. The van der Waals surface area contributed by atoms with E-state index in [9.17, 15) is 9.59 Å². The number of nitrogens with one attached hydrogen (secondary N) is 1. The second-order valence-corrected chi connectivity index (χ2v) is 10.4. The number of hydrogen-bond donors (Lipinski definition) is 1. The highest BCUT2D eigenvalue weighted by Crippen LogP contribution is 2.33. The second-order valence-electron chi connectivity index (χ2n) is 9.48. The van der Waals surface area contributed by atoms with Crippen molar-refractivity contribution in [1.82, 2.24) is 19.8 Å². The van der Waals surface area contributed by atoms with Gasteiger partial charge in [-0.1, -0.05) is 0 Å². The topological polar surface area (TPSA) is 69.3 Å². The SMILES string of the molecule is CN1CCC(c2nc(C3CCCN(C(=O)c4csc5c4CCCC5)C3)cc(=O)[nH]2)CC1. The van der Waals surface area contributed by atoms with Crippen LogP contribution in [0, 0.1) is 0 Å². The van der Waals surface area contributed by atoms with Crippen LogP contribution in [0.15, 0.2) is 16.2 Å². The van der Waals surface area contributed by atoms with Gasteiger partial charge in [0.15, 0.2) is 0 Å². The number of carbonyl (C=O) groups is 1. The molecular formula is C24H32N4O2S. The minimum atomic E-state index is -0.0608. The lowest BCUT2D eigenvalue weighted by Crippen LogP contribution is -2.40. The van der Waals surface area contributed by atoms with Crippen LogP contribution in [-0.2, 0) is 12.8 Å². The van der Waals surface area contributed by atoms with Crippen molar-refractivity contribution in [1.29, 1.82) is 0 Å². The van der Waals surface area contributed by atoms with Gasteiger partial charge in [-0.25, -0.2) is 4.98 Å². The molecule has 31 heavy (non-hydrogen) atoms. The number of H-pyrrole nitrogens is 1. The summed E-state index contributed by atoms with van der Waals surface area (Å²) in [6, 6.07) is 1.66. The third-order valence-corrected chi connectivity index (χ3v) is 8.39. The molecule has 1 atom stereocenters. The van der Waals surface area contributed by atoms with E-state index in [0.717, 1.165) is 75.2 Å². The summed E-state index contributed by atoms with van der Waals surface area (Å²) >= 11 is 1.75. The molecule has 2 fully saturated rings. The molecule has 1 amide bonds. The fourth-order valence-electron chi connectivity index (χ4n) is 5.43. The monoisotopic (exact) mass is 440 g/mol. The fraction of sp³-hybridized carbons (Fsp3) is 0.625. The first-order valence-electron chi connectivity index (χ1n) is 11.8. The molecule has 0 spiro atoms. The van der Waals surface area contributed by atoms with Gasteiger partial charge in [-0.3, -0.25) is 9.59 Å². The van der Waals surface area contributed by atoms with Gasteiger partial charge in [0.1, 0.15) is 5.82 Å². The van der Waals surface area contributed by atoms with E-state index in [4.69, 9.17) is 4.98 Å². The average Bonchev–Trinajstić information content (AvgIpc) is 3.23. The number of aromatic nitrogens is 2. The minimum Gasteiger partial charge on any atom is -0.338 e. The lowest BCUT2D eigenvalue weighted by atomic mass is 9.91. The van der Waals surface area contributed by atoms with Crippen molar-refractivity contribution in [3.8, 4) is 0 Å². The maximum Gasteiger partial charge on any atom is 0.255 e. The third kappa shape index (κ3) is 4.35. The zero-order valence-electron chi connectivity index (χ0n) is 18.4. The zero-order valence-corrected chi connectivity index (χ0v) is 19.2. The Morgan fingerprint density at radius 2 is 1.90 bits per heavy atom. The number of piperidine rings is 2. The lowest BCUT2D eigenvalue weighted by molar-refractivity contribution is 0.0705. The largest absolute Gasteiger partial charge is 0.338 e. The van der Waals surface area contributed by atoms with Crippen LogP contribution in [0.2, 0.25) is 0 Å². The summed E-state index contributed by atoms with van der Waals surface area (Å²) in [6.45, 7) is 3.53. The number of amides is 1. The molecule has 2 saturated heterocycles. The number of aryl methyl sites for hydroxylation is 1. The third-order valence-electron chi connectivity index (χ3n) is 7.30. The lowest BCUT2D eigenvalue weighted by Gasteiger charge is -2.33. The van der Waals surface area contributed by atoms with Crippen molar-refractivity contribution >= 4 is 17.2 Å². The van der Waals surface area contributed by atoms with Crippen molar-refractivity contribution in [3.05, 3.63) is 49.3 Å². The van der Waals surface area contributed by atoms with Crippen molar-refractivity contribution in [2.45, 2.75) is 63.2 Å². The van der Waals surface area contributed by atoms with Gasteiger partial charge in [-0.15, -0.1) is 11.3 Å². The number of carbonyl (C=O) groups excluding carboxylic acids is 1. The molecule has 1 aliphatic carbocycles. The summed E-state index contributed by atoms with van der Waals surface area (Å²) in [5.74, 6) is 1.47. The van der Waals surface area contributed by atoms with Crippen molar-refractivity contribution < 1.29 is 4.79 Å². The molecule has 166 valence electrons. The summed E-state index contributed by atoms with van der Waals surface area (Å²) in [4.78, 5) is 39.5. The predicted octanol–water partition coefficient (Wildman–Crippen LogP) is 3.54. The first kappa shape index (κ1) is 20.9. The predicted molar refractivity (Wildman–Crippen MR) is 123 cm³/mol. The molecular weight excluding hydrogens is 408 g/mol. The fourth-order valence-corrected chi connectivity index (χ4v) is 6.55. The number of rotatable bonds is 3. The molecule has 2 aromatic rings. The van der Waals surface area contributed by atoms with Crippen LogP contribution in [0.1, 0.15) is 82.7 Å². The smallest absolute Gasteiger partial charge is 0.255 e. The Balaban J connectivity index is 1.34. The van der Waals surface area contributed by atoms with Gasteiger partial charge < -0.3 is 14.8 Å². The van der Waals surface area contributed by atoms with Crippen LogP contribution in [0.4, 0.5) is 0 Å². The first-order valence-corrected chi connectivity index (χ1v) is 12.6. The summed E-state index contributed by atoms with van der Waals surface area (Å²) in [7, 11) is 2.14. The van der Waals surface area contributed by atoms with Gasteiger partial charge in [0, 0.05) is 41.2 Å². The van der Waals surface area contributed by atoms with E-state index in [1.807, 2.05) is 4.90 Å². The van der Waals surface area contributed by atoms with Crippen LogP contribution in [0.5, 0.6) is 0 Å². The summed E-state index contributed by atoms with van der Waals surface area (Å²) < 4.78 is 0. The Labute approximate surface area is 187 Å². The number of hydrogen-bond acceptors (Lipinski definition) is 5. The van der Waals surface area contributed by atoms with E-state index in [1.54, 1.807) is 17.4 Å². The Morgan fingerprint density at radius 3 is 2.74 bits per heavy atom. The normalized spacial score (nSPS) is 23.0. The van der Waals surface area contributed by atoms with Gasteiger partial charge in [-0.2, -0.15) is 0 Å². The molecule has 0 saturated carbocycles. The van der Waals surface area contributed by atoms with E-state index in [2.05, 4.69) is 22.3 Å². The van der Waals surface area contributed by atoms with Gasteiger partial charge in [0.25, 0.3) is 11.5 Å². The van der Waals surface area contributed by atoms with E-state index in [1.165, 1.54) is 23.3 Å². The molecule has 1 unspecified atom stereocenters. The molecule has 0 aromatic carbocycles. The molecule has 4 heterocycles. The van der Waals surface area contributed by atoms with Crippen LogP contribution < -0.4 is 5.56 Å². The molecule has 1 N–H and O–H groups in total. The number of aromatic amines is 1. The minimum absolute atomic E-state index is 0.0608. The molecule has 2 aromatic heterocycles. The quantitative estimate of drug-likeness (QED) is 0.793. The van der Waals surface area contributed by atoms with Crippen molar-refractivity contribution in [2.24, 2.45) is 0 Å². The van der Waals surface area contributed by atoms with Gasteiger partial charge in [0.2, 0.25) is 0 Å². The Bertz CT molecular complexity index is 1010. The van der Waals surface area contributed by atoms with Crippen LogP contribution >= 0.6 is 11.3 Å². The van der Waals surface area contributed by atoms with E-state index in [-0.39, 0.29) is 17.4 Å². The Hall–Kier alpha value is -1.99. The summed E-state index contributed by atoms with van der Waals surface area (Å²) in [5.41, 5.74) is 3.02. The van der Waals surface area contributed by atoms with Crippen LogP contribution in [-0.4, -0.2) is 58.9 Å². The Kier molecular flexibility index (Phi) is 5.97. The van der Waals surface area contributed by atoms with Crippen LogP contribution in [0.25, 0.3) is 0 Å². The maximum absolute atomic E-state index is 13.4. The van der Waals surface area contributed by atoms with Crippen LogP contribution in [0.3, 0.4) is 0 Å². The highest BCUT2D eigenvalue weighted by molar-refractivity contribution is 7.10. The maximum atomic E-state index is 13.4. The van der Waals surface area contributed by atoms with Gasteiger partial charge in [-0.05, 0) is 77.1 Å². The van der Waals surface area contributed by atoms with E-state index < -0.39 is 0 Å².